The number of anilines is 1. The molecule has 0 heterocycles. The number of carbonyl (C=O) groups excluding carboxylic acids is 1. The summed E-state index contributed by atoms with van der Waals surface area (Å²) in [6.07, 6.45) is 2.80. The van der Waals surface area contributed by atoms with E-state index in [2.05, 4.69) is 18.8 Å². The van der Waals surface area contributed by atoms with Gasteiger partial charge >= 0.3 is 0 Å². The molecule has 0 saturated heterocycles. The summed E-state index contributed by atoms with van der Waals surface area (Å²) in [6, 6.07) is 7.93. The lowest BCUT2D eigenvalue weighted by molar-refractivity contribution is -0.634. The van der Waals surface area contributed by atoms with Gasteiger partial charge in [0.2, 0.25) is 0 Å². The molecule has 0 atom stereocenters. The maximum Gasteiger partial charge on any atom is 0.279 e. The first-order valence-electron chi connectivity index (χ1n) is 5.57. The van der Waals surface area contributed by atoms with Gasteiger partial charge in [-0.1, -0.05) is 25.6 Å². The van der Waals surface area contributed by atoms with E-state index < -0.39 is 0 Å². The minimum Gasteiger partial charge on any atom is -0.335 e. The molecule has 1 rings (SSSR count). The van der Waals surface area contributed by atoms with Gasteiger partial charge in [0, 0.05) is 5.69 Å². The van der Waals surface area contributed by atoms with E-state index in [4.69, 9.17) is 0 Å². The van der Waals surface area contributed by atoms with Crippen LogP contribution in [0.2, 0.25) is 0 Å². The first-order valence-corrected chi connectivity index (χ1v) is 5.57. The third-order valence-corrected chi connectivity index (χ3v) is 2.31. The Morgan fingerprint density at radius 1 is 1.44 bits per heavy atom. The summed E-state index contributed by atoms with van der Waals surface area (Å²) >= 11 is 0. The van der Waals surface area contributed by atoms with Crippen LogP contribution in [0.5, 0.6) is 0 Å². The number of quaternary nitrogens is 1. The van der Waals surface area contributed by atoms with E-state index in [-0.39, 0.29) is 5.91 Å². The monoisotopic (exact) mass is 219 g/mol. The van der Waals surface area contributed by atoms with Gasteiger partial charge in [0.25, 0.3) is 5.91 Å². The van der Waals surface area contributed by atoms with E-state index >= 15 is 0 Å². The van der Waals surface area contributed by atoms with Gasteiger partial charge in [-0.05, 0) is 30.2 Å². The Bertz CT molecular complexity index is 343. The SMILES string of the molecule is C=CC[NH2+]CC(=O)Nc1ccc(CC)cc1. The van der Waals surface area contributed by atoms with Gasteiger partial charge in [-0.3, -0.25) is 4.79 Å². The molecule has 1 aromatic carbocycles. The fraction of sp³-hybridized carbons (Fsp3) is 0.308. The molecule has 0 saturated carbocycles. The lowest BCUT2D eigenvalue weighted by Gasteiger charge is -2.04. The van der Waals surface area contributed by atoms with E-state index in [0.29, 0.717) is 6.54 Å². The van der Waals surface area contributed by atoms with Crippen molar-refractivity contribution in [2.45, 2.75) is 13.3 Å². The molecule has 0 spiro atoms. The number of hydrogen-bond acceptors (Lipinski definition) is 1. The van der Waals surface area contributed by atoms with Crippen LogP contribution >= 0.6 is 0 Å². The van der Waals surface area contributed by atoms with Crippen LogP contribution in [0.4, 0.5) is 5.69 Å². The summed E-state index contributed by atoms with van der Waals surface area (Å²) in [6.45, 7) is 6.90. The number of nitrogens with two attached hydrogens (primary N) is 1. The zero-order valence-electron chi connectivity index (χ0n) is 9.70. The smallest absolute Gasteiger partial charge is 0.279 e. The molecule has 0 aliphatic rings. The van der Waals surface area contributed by atoms with Crippen LogP contribution in [0, 0.1) is 0 Å². The summed E-state index contributed by atoms with van der Waals surface area (Å²) in [7, 11) is 0. The van der Waals surface area contributed by atoms with Gasteiger partial charge < -0.3 is 10.6 Å². The van der Waals surface area contributed by atoms with Crippen molar-refractivity contribution in [1.82, 2.24) is 0 Å². The zero-order chi connectivity index (χ0) is 11.8. The second-order valence-corrected chi connectivity index (χ2v) is 3.62. The first-order chi connectivity index (χ1) is 7.76. The zero-order valence-corrected chi connectivity index (χ0v) is 9.70. The van der Waals surface area contributed by atoms with Crippen molar-refractivity contribution < 1.29 is 10.1 Å². The standard InChI is InChI=1S/C13H18N2O/c1-3-9-14-10-13(16)15-12-7-5-11(4-2)6-8-12/h3,5-8,14H,1,4,9-10H2,2H3,(H,15,16)/p+1. The lowest BCUT2D eigenvalue weighted by atomic mass is 10.1. The molecule has 0 aliphatic heterocycles. The lowest BCUT2D eigenvalue weighted by Crippen LogP contribution is -2.86. The van der Waals surface area contributed by atoms with Crippen LogP contribution in [-0.2, 0) is 11.2 Å². The molecule has 0 fully saturated rings. The Hall–Kier alpha value is -1.61. The minimum absolute atomic E-state index is 0.0195. The molecule has 0 unspecified atom stereocenters. The van der Waals surface area contributed by atoms with Crippen molar-refractivity contribution in [3.63, 3.8) is 0 Å². The molecule has 1 aromatic rings. The normalized spacial score (nSPS) is 9.81. The highest BCUT2D eigenvalue weighted by Gasteiger charge is 2.02. The fourth-order valence-corrected chi connectivity index (χ4v) is 1.37. The van der Waals surface area contributed by atoms with Gasteiger partial charge in [-0.2, -0.15) is 0 Å². The van der Waals surface area contributed by atoms with Crippen LogP contribution in [-0.4, -0.2) is 19.0 Å². The maximum atomic E-state index is 11.5. The Labute approximate surface area is 96.6 Å². The Kier molecular flexibility index (Phi) is 5.29. The molecule has 1 amide bonds. The molecule has 0 aliphatic carbocycles. The number of benzene rings is 1. The third kappa shape index (κ3) is 4.28. The van der Waals surface area contributed by atoms with Gasteiger partial charge in [0.05, 0.1) is 6.54 Å². The van der Waals surface area contributed by atoms with E-state index in [1.165, 1.54) is 5.56 Å². The third-order valence-electron chi connectivity index (χ3n) is 2.31. The highest BCUT2D eigenvalue weighted by Crippen LogP contribution is 2.09. The van der Waals surface area contributed by atoms with Gasteiger partial charge in [0.1, 0.15) is 0 Å². The Balaban J connectivity index is 2.40. The molecule has 0 bridgehead atoms. The van der Waals surface area contributed by atoms with Crippen molar-refractivity contribution in [1.29, 1.82) is 0 Å². The molecule has 0 radical (unpaired) electrons. The van der Waals surface area contributed by atoms with Crippen LogP contribution in [0.15, 0.2) is 36.9 Å². The van der Waals surface area contributed by atoms with Gasteiger partial charge in [-0.15, -0.1) is 0 Å². The van der Waals surface area contributed by atoms with Crippen molar-refractivity contribution in [2.24, 2.45) is 0 Å². The van der Waals surface area contributed by atoms with Crippen molar-refractivity contribution in [3.05, 3.63) is 42.5 Å². The largest absolute Gasteiger partial charge is 0.335 e. The topological polar surface area (TPSA) is 45.7 Å². The summed E-state index contributed by atoms with van der Waals surface area (Å²) in [5.41, 5.74) is 2.13. The van der Waals surface area contributed by atoms with Crippen molar-refractivity contribution in [3.8, 4) is 0 Å². The number of hydrogen-bond donors (Lipinski definition) is 2. The van der Waals surface area contributed by atoms with Crippen molar-refractivity contribution >= 4 is 11.6 Å². The Morgan fingerprint density at radius 3 is 2.69 bits per heavy atom. The predicted molar refractivity (Wildman–Crippen MR) is 66.3 cm³/mol. The number of rotatable bonds is 6. The molecule has 16 heavy (non-hydrogen) atoms. The number of carbonyl (C=O) groups is 1. The fourth-order valence-electron chi connectivity index (χ4n) is 1.37. The van der Waals surface area contributed by atoms with Gasteiger partial charge in [-0.25, -0.2) is 0 Å². The van der Waals surface area contributed by atoms with Crippen LogP contribution in [0.25, 0.3) is 0 Å². The summed E-state index contributed by atoms with van der Waals surface area (Å²) in [4.78, 5) is 11.5. The Morgan fingerprint density at radius 2 is 2.12 bits per heavy atom. The molecule has 3 nitrogen and oxygen atoms in total. The summed E-state index contributed by atoms with van der Waals surface area (Å²) in [5, 5.41) is 4.75. The maximum absolute atomic E-state index is 11.5. The summed E-state index contributed by atoms with van der Waals surface area (Å²) in [5.74, 6) is 0.0195. The number of amides is 1. The van der Waals surface area contributed by atoms with Crippen molar-refractivity contribution in [2.75, 3.05) is 18.4 Å². The number of aryl methyl sites for hydroxylation is 1. The van der Waals surface area contributed by atoms with E-state index in [9.17, 15) is 4.79 Å². The molecule has 3 N–H and O–H groups in total. The molecule has 3 heteroatoms. The van der Waals surface area contributed by atoms with Crippen LogP contribution in [0.1, 0.15) is 12.5 Å². The van der Waals surface area contributed by atoms with E-state index in [0.717, 1.165) is 18.7 Å². The van der Waals surface area contributed by atoms with Crippen LogP contribution < -0.4 is 10.6 Å². The minimum atomic E-state index is 0.0195. The second kappa shape index (κ2) is 6.80. The summed E-state index contributed by atoms with van der Waals surface area (Å²) < 4.78 is 0. The number of nitrogens with one attached hydrogen (secondary N) is 1. The highest BCUT2D eigenvalue weighted by molar-refractivity contribution is 5.91. The first kappa shape index (κ1) is 12.5. The highest BCUT2D eigenvalue weighted by atomic mass is 16.1. The van der Waals surface area contributed by atoms with Crippen LogP contribution in [0.3, 0.4) is 0 Å². The van der Waals surface area contributed by atoms with Gasteiger partial charge in [0.15, 0.2) is 6.54 Å². The van der Waals surface area contributed by atoms with E-state index in [1.54, 1.807) is 6.08 Å². The molecule has 0 aromatic heterocycles. The molecule has 86 valence electrons. The molecular formula is C13H19N2O+. The average Bonchev–Trinajstić information content (AvgIpc) is 2.30. The van der Waals surface area contributed by atoms with E-state index in [1.807, 2.05) is 29.6 Å². The average molecular weight is 219 g/mol. The predicted octanol–water partition coefficient (Wildman–Crippen LogP) is 0.937. The second-order valence-electron chi connectivity index (χ2n) is 3.62. The molecular weight excluding hydrogens is 200 g/mol. The quantitative estimate of drug-likeness (QED) is 0.543.